The minimum Gasteiger partial charge on any atom is -0.382 e. The molecule has 0 aliphatic heterocycles. The second kappa shape index (κ2) is 9.06. The van der Waals surface area contributed by atoms with Crippen molar-refractivity contribution in [2.24, 2.45) is 0 Å². The largest absolute Gasteiger partial charge is 0.382 e. The molecule has 0 heterocycles. The van der Waals surface area contributed by atoms with Crippen LogP contribution in [0.25, 0.3) is 0 Å². The van der Waals surface area contributed by atoms with Crippen LogP contribution in [-0.2, 0) is 9.47 Å². The third-order valence-electron chi connectivity index (χ3n) is 3.26. The van der Waals surface area contributed by atoms with Crippen LogP contribution in [0.4, 0.5) is 4.39 Å². The summed E-state index contributed by atoms with van der Waals surface area (Å²) < 4.78 is 24.6. The van der Waals surface area contributed by atoms with Crippen molar-refractivity contribution >= 4 is 0 Å². The van der Waals surface area contributed by atoms with Gasteiger partial charge in [-0.1, -0.05) is 13.0 Å². The van der Waals surface area contributed by atoms with Crippen LogP contribution in [0, 0.1) is 19.7 Å². The van der Waals surface area contributed by atoms with Crippen LogP contribution in [0.5, 0.6) is 0 Å². The Hall–Kier alpha value is -0.970. The maximum absolute atomic E-state index is 14.2. The third kappa shape index (κ3) is 5.19. The first kappa shape index (κ1) is 17.1. The van der Waals surface area contributed by atoms with E-state index in [-0.39, 0.29) is 11.9 Å². The van der Waals surface area contributed by atoms with E-state index in [1.807, 2.05) is 26.8 Å². The molecule has 1 rings (SSSR count). The number of hydrogen-bond acceptors (Lipinski definition) is 3. The van der Waals surface area contributed by atoms with Gasteiger partial charge in [-0.3, -0.25) is 0 Å². The molecule has 0 aliphatic carbocycles. The first-order chi connectivity index (χ1) is 9.60. The van der Waals surface area contributed by atoms with Crippen LogP contribution in [-0.4, -0.2) is 33.5 Å². The lowest BCUT2D eigenvalue weighted by molar-refractivity contribution is 0.0657. The van der Waals surface area contributed by atoms with E-state index < -0.39 is 0 Å². The highest BCUT2D eigenvalue weighted by Gasteiger charge is 2.17. The Kier molecular flexibility index (Phi) is 7.73. The Balaban J connectivity index is 2.70. The zero-order chi connectivity index (χ0) is 15.0. The number of ether oxygens (including phenoxy) is 2. The first-order valence-corrected chi connectivity index (χ1v) is 7.16. The predicted molar refractivity (Wildman–Crippen MR) is 79.6 cm³/mol. The number of benzene rings is 1. The monoisotopic (exact) mass is 283 g/mol. The van der Waals surface area contributed by atoms with Crippen molar-refractivity contribution < 1.29 is 13.9 Å². The molecule has 0 radical (unpaired) electrons. The molecule has 0 aliphatic rings. The van der Waals surface area contributed by atoms with E-state index in [0.717, 1.165) is 29.7 Å². The van der Waals surface area contributed by atoms with Crippen molar-refractivity contribution in [3.05, 3.63) is 34.6 Å². The second-order valence-electron chi connectivity index (χ2n) is 4.98. The summed E-state index contributed by atoms with van der Waals surface area (Å²) in [4.78, 5) is 0. The Morgan fingerprint density at radius 1 is 1.20 bits per heavy atom. The minimum atomic E-state index is -0.134. The molecule has 0 amide bonds. The van der Waals surface area contributed by atoms with Crippen LogP contribution in [0.1, 0.15) is 36.1 Å². The molecule has 1 aromatic rings. The van der Waals surface area contributed by atoms with Crippen molar-refractivity contribution in [3.63, 3.8) is 0 Å². The number of aryl methyl sites for hydroxylation is 2. The lowest BCUT2D eigenvalue weighted by Crippen LogP contribution is -2.24. The van der Waals surface area contributed by atoms with Crippen LogP contribution in [0.15, 0.2) is 12.1 Å². The minimum absolute atomic E-state index is 0.0110. The van der Waals surface area contributed by atoms with Gasteiger partial charge in [0, 0.05) is 25.3 Å². The van der Waals surface area contributed by atoms with E-state index in [9.17, 15) is 4.39 Å². The number of hydrogen-bond donors (Lipinski definition) is 1. The molecule has 1 aromatic carbocycles. The van der Waals surface area contributed by atoms with Crippen LogP contribution >= 0.6 is 0 Å². The van der Waals surface area contributed by atoms with Crippen molar-refractivity contribution in [2.45, 2.75) is 33.2 Å². The average molecular weight is 283 g/mol. The Morgan fingerprint density at radius 2 is 1.95 bits per heavy atom. The van der Waals surface area contributed by atoms with E-state index in [0.29, 0.717) is 19.8 Å². The van der Waals surface area contributed by atoms with Crippen LogP contribution in [0.3, 0.4) is 0 Å². The molecular weight excluding hydrogens is 257 g/mol. The number of nitrogens with one attached hydrogen (secondary N) is 1. The lowest BCUT2D eigenvalue weighted by atomic mass is 9.96. The highest BCUT2D eigenvalue weighted by atomic mass is 19.1. The topological polar surface area (TPSA) is 30.5 Å². The Morgan fingerprint density at radius 3 is 2.55 bits per heavy atom. The van der Waals surface area contributed by atoms with E-state index in [4.69, 9.17) is 9.47 Å². The summed E-state index contributed by atoms with van der Waals surface area (Å²) in [6.45, 7) is 8.45. The number of halogens is 1. The van der Waals surface area contributed by atoms with Gasteiger partial charge in [0.25, 0.3) is 0 Å². The molecule has 1 N–H and O–H groups in total. The normalized spacial score (nSPS) is 12.7. The zero-order valence-electron chi connectivity index (χ0n) is 13.0. The Labute approximate surface area is 121 Å². The number of rotatable bonds is 9. The standard InChI is InChI=1S/C16H26FNO2/c1-5-18-15(6-7-20-9-8-19-4)16-13(3)10-12(2)11-14(16)17/h10-11,15,18H,5-9H2,1-4H3. The summed E-state index contributed by atoms with van der Waals surface area (Å²) in [5.74, 6) is -0.134. The smallest absolute Gasteiger partial charge is 0.128 e. The quantitative estimate of drug-likeness (QED) is 0.706. The van der Waals surface area contributed by atoms with Gasteiger partial charge in [-0.2, -0.15) is 0 Å². The molecule has 3 nitrogen and oxygen atoms in total. The van der Waals surface area contributed by atoms with Gasteiger partial charge in [0.1, 0.15) is 5.82 Å². The predicted octanol–water partition coefficient (Wildman–Crippen LogP) is 3.15. The van der Waals surface area contributed by atoms with Gasteiger partial charge >= 0.3 is 0 Å². The molecule has 1 unspecified atom stereocenters. The van der Waals surface area contributed by atoms with Crippen molar-refractivity contribution in [1.29, 1.82) is 0 Å². The fourth-order valence-corrected chi connectivity index (χ4v) is 2.41. The molecule has 1 atom stereocenters. The fourth-order valence-electron chi connectivity index (χ4n) is 2.41. The molecule has 0 spiro atoms. The molecular formula is C16H26FNO2. The van der Waals surface area contributed by atoms with E-state index >= 15 is 0 Å². The van der Waals surface area contributed by atoms with E-state index in [1.54, 1.807) is 13.2 Å². The van der Waals surface area contributed by atoms with Gasteiger partial charge in [0.15, 0.2) is 0 Å². The summed E-state index contributed by atoms with van der Waals surface area (Å²) in [5.41, 5.74) is 2.70. The fraction of sp³-hybridized carbons (Fsp3) is 0.625. The molecule has 4 heteroatoms. The van der Waals surface area contributed by atoms with Gasteiger partial charge < -0.3 is 14.8 Å². The van der Waals surface area contributed by atoms with Gasteiger partial charge in [-0.05, 0) is 44.0 Å². The third-order valence-corrected chi connectivity index (χ3v) is 3.26. The summed E-state index contributed by atoms with van der Waals surface area (Å²) in [6, 6.07) is 3.61. The van der Waals surface area contributed by atoms with Gasteiger partial charge in [0.2, 0.25) is 0 Å². The molecule has 0 bridgehead atoms. The number of methoxy groups -OCH3 is 1. The Bertz CT molecular complexity index is 386. The molecule has 0 fully saturated rings. The van der Waals surface area contributed by atoms with Crippen molar-refractivity contribution in [3.8, 4) is 0 Å². The molecule has 0 saturated carbocycles. The SMILES string of the molecule is CCNC(CCOCCOC)c1c(C)cc(C)cc1F. The molecule has 0 aromatic heterocycles. The summed E-state index contributed by atoms with van der Waals surface area (Å²) >= 11 is 0. The van der Waals surface area contributed by atoms with E-state index in [1.165, 1.54) is 0 Å². The van der Waals surface area contributed by atoms with Crippen LogP contribution in [0.2, 0.25) is 0 Å². The van der Waals surface area contributed by atoms with Gasteiger partial charge in [0.05, 0.1) is 13.2 Å². The lowest BCUT2D eigenvalue weighted by Gasteiger charge is -2.21. The van der Waals surface area contributed by atoms with Gasteiger partial charge in [-0.25, -0.2) is 4.39 Å². The summed E-state index contributed by atoms with van der Waals surface area (Å²) in [6.07, 6.45) is 0.748. The van der Waals surface area contributed by atoms with Gasteiger partial charge in [-0.15, -0.1) is 0 Å². The first-order valence-electron chi connectivity index (χ1n) is 7.16. The van der Waals surface area contributed by atoms with Crippen LogP contribution < -0.4 is 5.32 Å². The van der Waals surface area contributed by atoms with Crippen molar-refractivity contribution in [2.75, 3.05) is 33.5 Å². The van der Waals surface area contributed by atoms with Crippen molar-refractivity contribution in [1.82, 2.24) is 5.32 Å². The maximum atomic E-state index is 14.2. The summed E-state index contributed by atoms with van der Waals surface area (Å²) in [5, 5.41) is 3.34. The average Bonchev–Trinajstić information content (AvgIpc) is 2.37. The highest BCUT2D eigenvalue weighted by Crippen LogP contribution is 2.25. The zero-order valence-corrected chi connectivity index (χ0v) is 13.0. The van der Waals surface area contributed by atoms with E-state index in [2.05, 4.69) is 5.32 Å². The summed E-state index contributed by atoms with van der Waals surface area (Å²) in [7, 11) is 1.65. The molecule has 20 heavy (non-hydrogen) atoms. The maximum Gasteiger partial charge on any atom is 0.128 e. The highest BCUT2D eigenvalue weighted by molar-refractivity contribution is 5.34. The molecule has 114 valence electrons. The molecule has 0 saturated heterocycles. The second-order valence-corrected chi connectivity index (χ2v) is 4.98.